The summed E-state index contributed by atoms with van der Waals surface area (Å²) in [6.45, 7) is 4.54. The summed E-state index contributed by atoms with van der Waals surface area (Å²) in [5, 5.41) is 0.641. The van der Waals surface area contributed by atoms with Gasteiger partial charge in [0.25, 0.3) is 10.0 Å². The van der Waals surface area contributed by atoms with Gasteiger partial charge in [-0.3, -0.25) is 4.79 Å². The van der Waals surface area contributed by atoms with Gasteiger partial charge in [-0.1, -0.05) is 31.0 Å². The second-order valence-corrected chi connectivity index (χ2v) is 9.40. The highest BCUT2D eigenvalue weighted by molar-refractivity contribution is 7.90. The molecule has 0 atom stereocenters. The summed E-state index contributed by atoms with van der Waals surface area (Å²) in [6, 6.07) is 10.4. The summed E-state index contributed by atoms with van der Waals surface area (Å²) in [5.74, 6) is 0.649. The van der Waals surface area contributed by atoms with E-state index in [4.69, 9.17) is 4.74 Å². The highest BCUT2D eigenvalue weighted by Crippen LogP contribution is 2.38. The third-order valence-electron chi connectivity index (χ3n) is 5.44. The summed E-state index contributed by atoms with van der Waals surface area (Å²) in [4.78, 5) is 13.2. The molecule has 0 N–H and O–H groups in total. The molecule has 3 aromatic rings. The van der Waals surface area contributed by atoms with E-state index in [0.29, 0.717) is 35.2 Å². The van der Waals surface area contributed by atoms with Crippen molar-refractivity contribution in [2.24, 2.45) is 0 Å². The van der Waals surface area contributed by atoms with Crippen LogP contribution in [0.5, 0.6) is 5.75 Å². The number of aromatic nitrogens is 1. The summed E-state index contributed by atoms with van der Waals surface area (Å²) in [5.41, 5.74) is 2.97. The first kappa shape index (κ1) is 19.7. The van der Waals surface area contributed by atoms with Crippen molar-refractivity contribution in [3.63, 3.8) is 0 Å². The Hall–Kier alpha value is -2.60. The molecule has 5 nitrogen and oxygen atoms in total. The van der Waals surface area contributed by atoms with Crippen molar-refractivity contribution in [3.8, 4) is 5.75 Å². The molecule has 0 unspecified atom stereocenters. The lowest BCUT2D eigenvalue weighted by molar-refractivity contribution is 0.0976. The number of Topliss-reactive ketones (excluding diaryl/α,β-unsaturated/α-hetero) is 1. The van der Waals surface area contributed by atoms with Crippen LogP contribution in [0.1, 0.15) is 54.1 Å². The molecule has 4 rings (SSSR count). The number of carbonyl (C=O) groups excluding carboxylic acids is 1. The minimum atomic E-state index is -3.76. The molecule has 29 heavy (non-hydrogen) atoms. The zero-order chi connectivity index (χ0) is 20.6. The molecular weight excluding hydrogens is 386 g/mol. The SMILES string of the molecule is CCCCC(=O)c1c2c(cc3c1ccn3S(=O)(=O)c1ccc(C)cc1)CCCO2. The van der Waals surface area contributed by atoms with Gasteiger partial charge in [0, 0.05) is 18.0 Å². The normalized spacial score (nSPS) is 13.9. The van der Waals surface area contributed by atoms with Crippen LogP contribution in [0.3, 0.4) is 0 Å². The molecule has 0 amide bonds. The Kier molecular flexibility index (Phi) is 5.21. The molecule has 1 aromatic heterocycles. The molecule has 0 aliphatic carbocycles. The maximum atomic E-state index is 13.3. The Morgan fingerprint density at radius 1 is 1.17 bits per heavy atom. The number of carbonyl (C=O) groups is 1. The molecule has 0 fully saturated rings. The molecule has 1 aliphatic rings. The fourth-order valence-corrected chi connectivity index (χ4v) is 5.19. The average Bonchev–Trinajstić information content (AvgIpc) is 3.14. The third kappa shape index (κ3) is 3.46. The molecule has 152 valence electrons. The van der Waals surface area contributed by atoms with E-state index in [2.05, 4.69) is 0 Å². The van der Waals surface area contributed by atoms with Crippen LogP contribution in [0.15, 0.2) is 47.5 Å². The molecule has 0 spiro atoms. The van der Waals surface area contributed by atoms with E-state index in [1.165, 1.54) is 3.97 Å². The van der Waals surface area contributed by atoms with Gasteiger partial charge in [0.05, 0.1) is 22.6 Å². The molecule has 0 saturated heterocycles. The number of aryl methyl sites for hydroxylation is 2. The minimum absolute atomic E-state index is 0.0149. The minimum Gasteiger partial charge on any atom is -0.493 e. The van der Waals surface area contributed by atoms with Gasteiger partial charge in [-0.25, -0.2) is 12.4 Å². The Bertz CT molecular complexity index is 1170. The summed E-state index contributed by atoms with van der Waals surface area (Å²) < 4.78 is 33.7. The molecular formula is C23H25NO4S. The van der Waals surface area contributed by atoms with Gasteiger partial charge in [0.1, 0.15) is 5.75 Å². The average molecular weight is 412 g/mol. The van der Waals surface area contributed by atoms with E-state index < -0.39 is 10.0 Å². The van der Waals surface area contributed by atoms with Crippen LogP contribution < -0.4 is 4.74 Å². The maximum Gasteiger partial charge on any atom is 0.268 e. The van der Waals surface area contributed by atoms with Gasteiger partial charge in [-0.05, 0) is 56.0 Å². The monoisotopic (exact) mass is 411 g/mol. The fourth-order valence-electron chi connectivity index (χ4n) is 3.85. The molecule has 0 saturated carbocycles. The number of fused-ring (bicyclic) bond motifs is 2. The van der Waals surface area contributed by atoms with E-state index in [9.17, 15) is 13.2 Å². The molecule has 0 bridgehead atoms. The number of nitrogens with zero attached hydrogens (tertiary/aromatic N) is 1. The van der Waals surface area contributed by atoms with Gasteiger partial charge in [0.2, 0.25) is 0 Å². The van der Waals surface area contributed by atoms with E-state index >= 15 is 0 Å². The molecule has 6 heteroatoms. The van der Waals surface area contributed by atoms with Crippen molar-refractivity contribution < 1.29 is 17.9 Å². The van der Waals surface area contributed by atoms with Gasteiger partial charge >= 0.3 is 0 Å². The molecule has 0 radical (unpaired) electrons. The van der Waals surface area contributed by atoms with Crippen LogP contribution in [0, 0.1) is 6.92 Å². The summed E-state index contributed by atoms with van der Waals surface area (Å²) >= 11 is 0. The largest absolute Gasteiger partial charge is 0.493 e. The van der Waals surface area contributed by atoms with E-state index in [0.717, 1.165) is 36.8 Å². The fraction of sp³-hybridized carbons (Fsp3) is 0.348. The first-order valence-electron chi connectivity index (χ1n) is 10.1. The molecule has 2 aromatic carbocycles. The first-order chi connectivity index (χ1) is 13.9. The lowest BCUT2D eigenvalue weighted by Gasteiger charge is -2.21. The Balaban J connectivity index is 1.92. The number of ether oxygens (including phenoxy) is 1. The van der Waals surface area contributed by atoms with Gasteiger partial charge < -0.3 is 4.74 Å². The van der Waals surface area contributed by atoms with Crippen LogP contribution in [-0.4, -0.2) is 24.8 Å². The van der Waals surface area contributed by atoms with Gasteiger partial charge in [-0.2, -0.15) is 0 Å². The van der Waals surface area contributed by atoms with E-state index in [-0.39, 0.29) is 10.7 Å². The number of ketones is 1. The van der Waals surface area contributed by atoms with Crippen molar-refractivity contribution >= 4 is 26.7 Å². The van der Waals surface area contributed by atoms with Crippen LogP contribution in [-0.2, 0) is 16.4 Å². The maximum absolute atomic E-state index is 13.3. The van der Waals surface area contributed by atoms with Crippen molar-refractivity contribution in [3.05, 3.63) is 59.3 Å². The number of hydrogen-bond acceptors (Lipinski definition) is 4. The number of unbranched alkanes of at least 4 members (excludes halogenated alkanes) is 1. The van der Waals surface area contributed by atoms with Crippen LogP contribution in [0.25, 0.3) is 10.9 Å². The Morgan fingerprint density at radius 3 is 2.66 bits per heavy atom. The topological polar surface area (TPSA) is 65.4 Å². The van der Waals surface area contributed by atoms with Crippen molar-refractivity contribution in [2.45, 2.75) is 50.8 Å². The number of benzene rings is 2. The van der Waals surface area contributed by atoms with E-state index in [1.54, 1.807) is 36.5 Å². The quantitative estimate of drug-likeness (QED) is 0.542. The predicted molar refractivity (Wildman–Crippen MR) is 113 cm³/mol. The molecule has 2 heterocycles. The van der Waals surface area contributed by atoms with Crippen LogP contribution in [0.4, 0.5) is 0 Å². The first-order valence-corrected chi connectivity index (χ1v) is 11.5. The zero-order valence-electron chi connectivity index (χ0n) is 16.8. The van der Waals surface area contributed by atoms with Crippen LogP contribution in [0.2, 0.25) is 0 Å². The van der Waals surface area contributed by atoms with Gasteiger partial charge in [-0.15, -0.1) is 0 Å². The smallest absolute Gasteiger partial charge is 0.268 e. The number of hydrogen-bond donors (Lipinski definition) is 0. The van der Waals surface area contributed by atoms with E-state index in [1.807, 2.05) is 19.9 Å². The van der Waals surface area contributed by atoms with Crippen molar-refractivity contribution in [1.29, 1.82) is 0 Å². The number of rotatable bonds is 6. The third-order valence-corrected chi connectivity index (χ3v) is 7.14. The Labute approximate surface area is 171 Å². The Morgan fingerprint density at radius 2 is 1.93 bits per heavy atom. The second kappa shape index (κ2) is 7.67. The molecule has 1 aliphatic heterocycles. The lowest BCUT2D eigenvalue weighted by atomic mass is 9.94. The second-order valence-electron chi connectivity index (χ2n) is 7.58. The standard InChI is InChI=1S/C23H25NO4S/c1-3-4-7-21(25)22-19-12-13-24(20(19)15-17-6-5-14-28-23(17)22)29(26,27)18-10-8-16(2)9-11-18/h8-13,15H,3-7,14H2,1-2H3. The van der Waals surface area contributed by atoms with Gasteiger partial charge in [0.15, 0.2) is 5.78 Å². The lowest BCUT2D eigenvalue weighted by Crippen LogP contribution is -2.15. The zero-order valence-corrected chi connectivity index (χ0v) is 17.6. The van der Waals surface area contributed by atoms with Crippen molar-refractivity contribution in [2.75, 3.05) is 6.61 Å². The highest BCUT2D eigenvalue weighted by atomic mass is 32.2. The van der Waals surface area contributed by atoms with Crippen molar-refractivity contribution in [1.82, 2.24) is 3.97 Å². The highest BCUT2D eigenvalue weighted by Gasteiger charge is 2.27. The summed E-state index contributed by atoms with van der Waals surface area (Å²) in [7, 11) is -3.76. The summed E-state index contributed by atoms with van der Waals surface area (Å²) in [6.07, 6.45) is 5.32. The van der Waals surface area contributed by atoms with Crippen LogP contribution >= 0.6 is 0 Å². The predicted octanol–water partition coefficient (Wildman–Crippen LogP) is 4.88.